The van der Waals surface area contributed by atoms with Crippen LogP contribution >= 0.6 is 0 Å². The molecule has 0 fully saturated rings. The first-order chi connectivity index (χ1) is 3.62. The molecule has 0 radical (unpaired) electrons. The molecule has 0 unspecified atom stereocenters. The van der Waals surface area contributed by atoms with Crippen LogP contribution in [0.15, 0.2) is 0 Å². The van der Waals surface area contributed by atoms with Gasteiger partial charge in [-0.05, 0) is 0 Å². The van der Waals surface area contributed by atoms with Crippen LogP contribution < -0.4 is 0 Å². The Labute approximate surface area is 48.9 Å². The van der Waals surface area contributed by atoms with Crippen molar-refractivity contribution in [1.82, 2.24) is 0 Å². The molecular weight excluding hydrogens is 110 g/mol. The summed E-state index contributed by atoms with van der Waals surface area (Å²) < 4.78 is 24.3. The van der Waals surface area contributed by atoms with Crippen LogP contribution in [0.2, 0.25) is 0 Å². The van der Waals surface area contributed by atoms with E-state index >= 15 is 0 Å². The molecule has 0 rings (SSSR count). The quantitative estimate of drug-likeness (QED) is 0.540. The second-order valence-corrected chi connectivity index (χ2v) is 1.96. The van der Waals surface area contributed by atoms with E-state index < -0.39 is 5.92 Å². The molecule has 50 valence electrons. The van der Waals surface area contributed by atoms with Gasteiger partial charge in [-0.15, -0.1) is 0 Å². The molecule has 0 aliphatic heterocycles. The molecule has 0 N–H and O–H groups in total. The highest BCUT2D eigenvalue weighted by molar-refractivity contribution is 4.60. The molecule has 0 aliphatic carbocycles. The molecule has 0 saturated carbocycles. The molecule has 0 aromatic carbocycles. The first kappa shape index (κ1) is 7.86. The number of rotatable bonds is 3. The van der Waals surface area contributed by atoms with Gasteiger partial charge in [-0.2, -0.15) is 0 Å². The average molecular weight is 122 g/mol. The normalized spacial score (nSPS) is 12.0. The Morgan fingerprint density at radius 3 is 1.88 bits per heavy atom. The lowest BCUT2D eigenvalue weighted by Crippen LogP contribution is -2.12. The fourth-order valence-electron chi connectivity index (χ4n) is 0.543. The van der Waals surface area contributed by atoms with Crippen molar-refractivity contribution in [2.24, 2.45) is 0 Å². The van der Waals surface area contributed by atoms with Crippen molar-refractivity contribution in [1.29, 1.82) is 0 Å². The van der Waals surface area contributed by atoms with Crippen LogP contribution in [-0.2, 0) is 0 Å². The Balaban J connectivity index is 3.37. The van der Waals surface area contributed by atoms with E-state index in [4.69, 9.17) is 0 Å². The molecule has 2 heteroatoms. The molecule has 0 nitrogen and oxygen atoms in total. The third-order valence-corrected chi connectivity index (χ3v) is 1.13. The lowest BCUT2D eigenvalue weighted by Gasteiger charge is -2.10. The fourth-order valence-corrected chi connectivity index (χ4v) is 0.543. The summed E-state index contributed by atoms with van der Waals surface area (Å²) in [7, 11) is 0. The summed E-state index contributed by atoms with van der Waals surface area (Å²) in [6, 6.07) is 0. The van der Waals surface area contributed by atoms with Crippen molar-refractivity contribution in [2.45, 2.75) is 39.0 Å². The second kappa shape index (κ2) is 3.00. The van der Waals surface area contributed by atoms with Gasteiger partial charge in [0.15, 0.2) is 0 Å². The maximum absolute atomic E-state index is 12.2. The smallest absolute Gasteiger partial charge is 0.207 e. The Morgan fingerprint density at radius 2 is 1.75 bits per heavy atom. The van der Waals surface area contributed by atoms with E-state index in [1.54, 1.807) is 6.92 Å². The van der Waals surface area contributed by atoms with Crippen LogP contribution in [0.3, 0.4) is 0 Å². The minimum atomic E-state index is -2.41. The van der Waals surface area contributed by atoms with E-state index in [-0.39, 0.29) is 12.8 Å². The van der Waals surface area contributed by atoms with E-state index in [0.717, 1.165) is 0 Å². The van der Waals surface area contributed by atoms with Crippen LogP contribution in [0.4, 0.5) is 8.78 Å². The Hall–Kier alpha value is -0.140. The first-order valence-electron chi connectivity index (χ1n) is 3.00. The van der Waals surface area contributed by atoms with Gasteiger partial charge in [-0.1, -0.05) is 20.3 Å². The van der Waals surface area contributed by atoms with Gasteiger partial charge in [-0.3, -0.25) is 0 Å². The lowest BCUT2D eigenvalue weighted by molar-refractivity contribution is -0.0119. The van der Waals surface area contributed by atoms with Gasteiger partial charge in [0.1, 0.15) is 0 Å². The lowest BCUT2D eigenvalue weighted by atomic mass is 10.1. The predicted molar refractivity (Wildman–Crippen MR) is 30.1 cm³/mol. The third-order valence-electron chi connectivity index (χ3n) is 1.13. The Bertz CT molecular complexity index is 59.5. The third kappa shape index (κ3) is 2.94. The summed E-state index contributed by atoms with van der Waals surface area (Å²) in [4.78, 5) is 0. The monoisotopic (exact) mass is 122 g/mol. The molecule has 0 spiro atoms. The van der Waals surface area contributed by atoms with Crippen molar-refractivity contribution in [3.8, 4) is 0 Å². The zero-order chi connectivity index (χ0) is 6.62. The maximum atomic E-state index is 12.2. The molecule has 0 saturated heterocycles. The Kier molecular flexibility index (Phi) is 2.95. The number of halogens is 2. The van der Waals surface area contributed by atoms with Crippen molar-refractivity contribution in [3.05, 3.63) is 0 Å². The van der Waals surface area contributed by atoms with Gasteiger partial charge in [0.2, 0.25) is 5.92 Å². The number of alkyl halides is 2. The van der Waals surface area contributed by atoms with Crippen LogP contribution in [0, 0.1) is 0 Å². The highest BCUT2D eigenvalue weighted by Gasteiger charge is 2.23. The highest BCUT2D eigenvalue weighted by Crippen LogP contribution is 2.22. The summed E-state index contributed by atoms with van der Waals surface area (Å²) in [6.45, 7) is 3.28. The van der Waals surface area contributed by atoms with Crippen LogP contribution in [0.5, 0.6) is 0 Å². The van der Waals surface area contributed by atoms with Crippen LogP contribution in [-0.4, -0.2) is 5.92 Å². The van der Waals surface area contributed by atoms with E-state index in [9.17, 15) is 8.78 Å². The zero-order valence-electron chi connectivity index (χ0n) is 5.38. The Morgan fingerprint density at radius 1 is 1.25 bits per heavy atom. The van der Waals surface area contributed by atoms with E-state index in [0.29, 0.717) is 6.42 Å². The van der Waals surface area contributed by atoms with Crippen molar-refractivity contribution in [3.63, 3.8) is 0 Å². The second-order valence-electron chi connectivity index (χ2n) is 1.96. The minimum Gasteiger partial charge on any atom is -0.207 e. The van der Waals surface area contributed by atoms with Crippen molar-refractivity contribution >= 4 is 0 Å². The van der Waals surface area contributed by atoms with Crippen molar-refractivity contribution in [2.75, 3.05) is 0 Å². The molecule has 0 aromatic heterocycles. The summed E-state index contributed by atoms with van der Waals surface area (Å²) in [5.41, 5.74) is 0. The van der Waals surface area contributed by atoms with Crippen LogP contribution in [0.25, 0.3) is 0 Å². The largest absolute Gasteiger partial charge is 0.247 e. The van der Waals surface area contributed by atoms with Gasteiger partial charge in [0.05, 0.1) is 0 Å². The average Bonchev–Trinajstić information content (AvgIpc) is 1.67. The topological polar surface area (TPSA) is 0 Å². The van der Waals surface area contributed by atoms with Gasteiger partial charge >= 0.3 is 0 Å². The van der Waals surface area contributed by atoms with Crippen LogP contribution in [0.1, 0.15) is 33.1 Å². The van der Waals surface area contributed by atoms with E-state index in [2.05, 4.69) is 0 Å². The molecule has 0 amide bonds. The van der Waals surface area contributed by atoms with E-state index in [1.165, 1.54) is 6.92 Å². The molecule has 8 heavy (non-hydrogen) atoms. The zero-order valence-corrected chi connectivity index (χ0v) is 5.38. The number of hydrogen-bond donors (Lipinski definition) is 0. The van der Waals surface area contributed by atoms with Gasteiger partial charge in [-0.25, -0.2) is 8.78 Å². The van der Waals surface area contributed by atoms with Crippen molar-refractivity contribution < 1.29 is 8.78 Å². The molecule has 0 atom stereocenters. The summed E-state index contributed by atoms with van der Waals surface area (Å²) in [5, 5.41) is 0. The first-order valence-corrected chi connectivity index (χ1v) is 3.00. The summed E-state index contributed by atoms with van der Waals surface area (Å²) in [5.74, 6) is -2.41. The van der Waals surface area contributed by atoms with Gasteiger partial charge in [0, 0.05) is 12.8 Å². The summed E-state index contributed by atoms with van der Waals surface area (Å²) >= 11 is 0. The molecule has 0 aromatic rings. The van der Waals surface area contributed by atoms with E-state index in [1.807, 2.05) is 0 Å². The summed E-state index contributed by atoms with van der Waals surface area (Å²) in [6.07, 6.45) is 0.575. The SMILES string of the molecule is CCCC(F)(F)CC. The van der Waals surface area contributed by atoms with Gasteiger partial charge in [0.25, 0.3) is 0 Å². The predicted octanol–water partition coefficient (Wildman–Crippen LogP) is 2.83. The molecule has 0 bridgehead atoms. The fraction of sp³-hybridized carbons (Fsp3) is 1.00. The maximum Gasteiger partial charge on any atom is 0.247 e. The molecular formula is C6H12F2. The minimum absolute atomic E-state index is 0.0269. The molecule has 0 aliphatic rings. The highest BCUT2D eigenvalue weighted by atomic mass is 19.3. The molecule has 0 heterocycles. The standard InChI is InChI=1S/C6H12F2/c1-3-5-6(7,8)4-2/h3-5H2,1-2H3. The number of hydrogen-bond acceptors (Lipinski definition) is 0. The van der Waals surface area contributed by atoms with Gasteiger partial charge < -0.3 is 0 Å².